The predicted molar refractivity (Wildman–Crippen MR) is 197 cm³/mol. The Balaban J connectivity index is 0.923. The Morgan fingerprint density at radius 1 is 0.558 bits per heavy atom. The van der Waals surface area contributed by atoms with Gasteiger partial charge in [-0.15, -0.1) is 0 Å². The first-order valence-electron chi connectivity index (χ1n) is 17.7. The van der Waals surface area contributed by atoms with Gasteiger partial charge in [-0.3, -0.25) is 9.59 Å². The molecule has 2 saturated heterocycles. The second-order valence-electron chi connectivity index (χ2n) is 13.7. The van der Waals surface area contributed by atoms with Crippen molar-refractivity contribution in [2.45, 2.75) is 50.0 Å². The number of aliphatic hydroxyl groups excluding tert-OH is 2. The fraction of sp³-hybridized carbons (Fsp3) is 0.238. The molecule has 0 aliphatic carbocycles. The largest absolute Gasteiger partial charge is 0.391 e. The van der Waals surface area contributed by atoms with E-state index in [0.29, 0.717) is 37.6 Å². The van der Waals surface area contributed by atoms with E-state index >= 15 is 0 Å². The average molecular weight is 693 g/mol. The van der Waals surface area contributed by atoms with E-state index in [9.17, 15) is 19.8 Å². The molecular weight excluding hydrogens is 652 g/mol. The number of benzene rings is 4. The number of carbonyl (C=O) groups excluding carboxylic acids is 2. The van der Waals surface area contributed by atoms with Crippen molar-refractivity contribution in [3.63, 3.8) is 0 Å². The van der Waals surface area contributed by atoms with Crippen LogP contribution in [-0.2, 0) is 22.4 Å². The van der Waals surface area contributed by atoms with Gasteiger partial charge < -0.3 is 30.0 Å². The van der Waals surface area contributed by atoms with Gasteiger partial charge in [0.25, 0.3) is 0 Å². The maximum absolute atomic E-state index is 13.2. The minimum absolute atomic E-state index is 0.0274. The minimum Gasteiger partial charge on any atom is -0.391 e. The second kappa shape index (κ2) is 14.4. The molecular formula is C42H40N6O4. The van der Waals surface area contributed by atoms with E-state index in [2.05, 4.69) is 44.2 Å². The standard InChI is InChI=1S/C42H40N6O4/c49-33-21-37(47(25-33)39(51)19-27-7-3-1-4-8-27)41-43-23-35(45-41)31-15-11-29(12-16-31)30-13-17-32(18-14-30)36-24-44-42(46-36)38-22-34(50)26-48(38)40(52)20-28-9-5-2-6-10-28/h1-18,23-24,33-34,37-38,49-50H,19-22,25-26H2,(H,43,45)(H,44,46)/t33-,34?,37+,38?/m1/s1. The Hall–Kier alpha value is -5.84. The van der Waals surface area contributed by atoms with E-state index < -0.39 is 12.2 Å². The van der Waals surface area contributed by atoms with E-state index in [1.807, 2.05) is 84.9 Å². The molecule has 2 amide bonds. The first kappa shape index (κ1) is 33.3. The minimum atomic E-state index is -0.591. The number of carbonyl (C=O) groups is 2. The number of rotatable bonds is 9. The molecule has 0 bridgehead atoms. The summed E-state index contributed by atoms with van der Waals surface area (Å²) >= 11 is 0. The first-order valence-corrected chi connectivity index (χ1v) is 17.7. The van der Waals surface area contributed by atoms with Crippen LogP contribution in [0.3, 0.4) is 0 Å². The number of amides is 2. The quantitative estimate of drug-likeness (QED) is 0.149. The molecule has 2 fully saturated rings. The summed E-state index contributed by atoms with van der Waals surface area (Å²) in [6.07, 6.45) is 3.84. The molecule has 10 nitrogen and oxygen atoms in total. The van der Waals surface area contributed by atoms with Gasteiger partial charge in [0.1, 0.15) is 11.6 Å². The van der Waals surface area contributed by atoms with Crippen LogP contribution >= 0.6 is 0 Å². The molecule has 2 aliphatic rings. The Kier molecular flexibility index (Phi) is 9.24. The number of imidazole rings is 2. The highest BCUT2D eigenvalue weighted by Crippen LogP contribution is 2.35. The van der Waals surface area contributed by atoms with Crippen LogP contribution in [0.25, 0.3) is 33.6 Å². The van der Waals surface area contributed by atoms with Crippen LogP contribution in [0.1, 0.15) is 47.7 Å². The van der Waals surface area contributed by atoms with Crippen LogP contribution in [0.4, 0.5) is 0 Å². The third-order valence-corrected chi connectivity index (χ3v) is 10.1. The van der Waals surface area contributed by atoms with Gasteiger partial charge in [-0.1, -0.05) is 109 Å². The predicted octanol–water partition coefficient (Wildman–Crippen LogP) is 5.89. The molecule has 0 spiro atoms. The summed E-state index contributed by atoms with van der Waals surface area (Å²) in [5.74, 6) is 1.29. The summed E-state index contributed by atoms with van der Waals surface area (Å²) in [5, 5.41) is 20.9. The van der Waals surface area contributed by atoms with E-state index in [4.69, 9.17) is 0 Å². The number of H-pyrrole nitrogens is 2. The molecule has 2 aliphatic heterocycles. The molecule has 262 valence electrons. The Bertz CT molecular complexity index is 1990. The molecule has 4 N–H and O–H groups in total. The summed E-state index contributed by atoms with van der Waals surface area (Å²) in [6.45, 7) is 0.585. The molecule has 0 saturated carbocycles. The molecule has 4 atom stereocenters. The van der Waals surface area contributed by atoms with Crippen LogP contribution in [0.15, 0.2) is 122 Å². The van der Waals surface area contributed by atoms with Crippen molar-refractivity contribution in [3.05, 3.63) is 144 Å². The average Bonchev–Trinajstić information content (AvgIpc) is 3.99. The van der Waals surface area contributed by atoms with Crippen molar-refractivity contribution in [1.29, 1.82) is 0 Å². The van der Waals surface area contributed by atoms with Gasteiger partial charge in [0.2, 0.25) is 11.8 Å². The van der Waals surface area contributed by atoms with Gasteiger partial charge in [0.05, 0.1) is 60.9 Å². The highest BCUT2D eigenvalue weighted by Gasteiger charge is 2.38. The van der Waals surface area contributed by atoms with Crippen molar-refractivity contribution in [1.82, 2.24) is 29.7 Å². The number of aromatic amines is 2. The molecule has 4 aromatic carbocycles. The third-order valence-electron chi connectivity index (χ3n) is 10.1. The lowest BCUT2D eigenvalue weighted by Crippen LogP contribution is -2.33. The fourth-order valence-corrected chi connectivity index (χ4v) is 7.43. The third kappa shape index (κ3) is 7.03. The molecule has 8 rings (SSSR count). The molecule has 10 heteroatoms. The molecule has 6 aromatic rings. The fourth-order valence-electron chi connectivity index (χ4n) is 7.43. The maximum Gasteiger partial charge on any atom is 0.227 e. The number of nitrogens with one attached hydrogen (secondary N) is 2. The summed E-state index contributed by atoms with van der Waals surface area (Å²) in [7, 11) is 0. The van der Waals surface area contributed by atoms with Gasteiger partial charge in [0.15, 0.2) is 0 Å². The van der Waals surface area contributed by atoms with E-state index in [-0.39, 0.29) is 36.7 Å². The molecule has 2 aromatic heterocycles. The highest BCUT2D eigenvalue weighted by molar-refractivity contribution is 5.80. The van der Waals surface area contributed by atoms with Crippen molar-refractivity contribution < 1.29 is 19.8 Å². The number of likely N-dealkylation sites (tertiary alicyclic amines) is 2. The van der Waals surface area contributed by atoms with Crippen LogP contribution in [0.5, 0.6) is 0 Å². The molecule has 52 heavy (non-hydrogen) atoms. The maximum atomic E-state index is 13.2. The van der Waals surface area contributed by atoms with Gasteiger partial charge >= 0.3 is 0 Å². The summed E-state index contributed by atoms with van der Waals surface area (Å²) in [5.41, 5.74) is 7.64. The zero-order valence-electron chi connectivity index (χ0n) is 28.6. The van der Waals surface area contributed by atoms with Crippen LogP contribution in [0.2, 0.25) is 0 Å². The van der Waals surface area contributed by atoms with Crippen LogP contribution in [0, 0.1) is 0 Å². The number of aromatic nitrogens is 4. The van der Waals surface area contributed by atoms with E-state index in [1.165, 1.54) is 0 Å². The lowest BCUT2D eigenvalue weighted by atomic mass is 10.0. The molecule has 4 heterocycles. The number of β-amino-alcohol motifs (C(OH)–C–C–N with tert-alkyl or cyclic N) is 2. The number of hydrogen-bond donors (Lipinski definition) is 4. The smallest absolute Gasteiger partial charge is 0.227 e. The summed E-state index contributed by atoms with van der Waals surface area (Å²) < 4.78 is 0. The van der Waals surface area contributed by atoms with Gasteiger partial charge in [-0.25, -0.2) is 9.97 Å². The first-order chi connectivity index (χ1) is 25.4. The Labute approximate surface area is 301 Å². The van der Waals surface area contributed by atoms with Gasteiger partial charge in [-0.05, 0) is 33.4 Å². The van der Waals surface area contributed by atoms with Gasteiger partial charge in [-0.2, -0.15) is 0 Å². The summed E-state index contributed by atoms with van der Waals surface area (Å²) in [6, 6.07) is 35.1. The Morgan fingerprint density at radius 3 is 1.31 bits per heavy atom. The number of nitrogens with zero attached hydrogens (tertiary/aromatic N) is 4. The SMILES string of the molecule is O=C(Cc1ccccc1)N1CC(O)CC1c1ncc(-c2ccc(-c3ccc(-c4cnc([C@@H]5C[C@@H](O)CN5C(=O)Cc5ccccc5)[nH]4)cc3)cc2)[nH]1. The van der Waals surface area contributed by atoms with Crippen molar-refractivity contribution in [2.75, 3.05) is 13.1 Å². The lowest BCUT2D eigenvalue weighted by Gasteiger charge is -2.23. The topological polar surface area (TPSA) is 138 Å². The molecule has 2 unspecified atom stereocenters. The molecule has 0 radical (unpaired) electrons. The zero-order valence-corrected chi connectivity index (χ0v) is 28.6. The second-order valence-corrected chi connectivity index (χ2v) is 13.7. The monoisotopic (exact) mass is 692 g/mol. The van der Waals surface area contributed by atoms with E-state index in [1.54, 1.807) is 22.2 Å². The van der Waals surface area contributed by atoms with Crippen molar-refractivity contribution in [2.24, 2.45) is 0 Å². The van der Waals surface area contributed by atoms with Crippen molar-refractivity contribution >= 4 is 11.8 Å². The zero-order chi connectivity index (χ0) is 35.6. The Morgan fingerprint density at radius 2 is 0.923 bits per heavy atom. The summed E-state index contributed by atoms with van der Waals surface area (Å²) in [4.78, 5) is 45.9. The van der Waals surface area contributed by atoms with Gasteiger partial charge in [0, 0.05) is 25.9 Å². The number of aliphatic hydroxyl groups is 2. The normalized spacial score (nSPS) is 20.0. The van der Waals surface area contributed by atoms with Crippen LogP contribution in [-0.4, -0.2) is 77.1 Å². The highest BCUT2D eigenvalue weighted by atomic mass is 16.3. The van der Waals surface area contributed by atoms with E-state index in [0.717, 1.165) is 44.8 Å². The number of hydrogen-bond acceptors (Lipinski definition) is 6. The van der Waals surface area contributed by atoms with Crippen molar-refractivity contribution in [3.8, 4) is 33.6 Å². The van der Waals surface area contributed by atoms with Crippen LogP contribution < -0.4 is 0 Å². The lowest BCUT2D eigenvalue weighted by molar-refractivity contribution is -0.132.